The van der Waals surface area contributed by atoms with Gasteiger partial charge >= 0.3 is 0 Å². The van der Waals surface area contributed by atoms with Crippen molar-refractivity contribution in [2.45, 2.75) is 51.7 Å². The van der Waals surface area contributed by atoms with E-state index in [2.05, 4.69) is 58.2 Å². The molecule has 0 aliphatic heterocycles. The molecule has 0 aromatic heterocycles. The van der Waals surface area contributed by atoms with Crippen LogP contribution in [0.2, 0.25) is 0 Å². The molecule has 0 spiro atoms. The third-order valence-electron chi connectivity index (χ3n) is 4.19. The lowest BCUT2D eigenvalue weighted by Crippen LogP contribution is -2.35. The summed E-state index contributed by atoms with van der Waals surface area (Å²) in [4.78, 5) is 2.42. The van der Waals surface area contributed by atoms with Gasteiger partial charge in [0.05, 0.1) is 6.61 Å². The Labute approximate surface area is 137 Å². The second kappa shape index (κ2) is 8.16. The van der Waals surface area contributed by atoms with Gasteiger partial charge in [-0.1, -0.05) is 28.9 Å². The zero-order valence-corrected chi connectivity index (χ0v) is 14.9. The van der Waals surface area contributed by atoms with E-state index in [0.717, 1.165) is 32.2 Å². The van der Waals surface area contributed by atoms with Crippen molar-refractivity contribution < 1.29 is 4.74 Å². The smallest absolute Gasteiger partial charge is 0.0637 e. The predicted molar refractivity (Wildman–Crippen MR) is 93.0 cm³/mol. The van der Waals surface area contributed by atoms with E-state index in [0.29, 0.717) is 6.04 Å². The molecule has 1 N–H and O–H groups in total. The van der Waals surface area contributed by atoms with E-state index in [9.17, 15) is 0 Å². The lowest BCUT2D eigenvalue weighted by molar-refractivity contribution is 0.203. The molecule has 1 fully saturated rings. The zero-order chi connectivity index (χ0) is 15.2. The first-order valence-corrected chi connectivity index (χ1v) is 8.72. The number of halogens is 1. The van der Waals surface area contributed by atoms with E-state index >= 15 is 0 Å². The highest BCUT2D eigenvalue weighted by molar-refractivity contribution is 9.10. The molecule has 1 aromatic rings. The molecule has 118 valence electrons. The van der Waals surface area contributed by atoms with Gasteiger partial charge in [-0.2, -0.15) is 0 Å². The molecule has 0 saturated heterocycles. The van der Waals surface area contributed by atoms with Crippen molar-refractivity contribution in [2.75, 3.05) is 25.2 Å². The first-order valence-electron chi connectivity index (χ1n) is 7.93. The predicted octanol–water partition coefficient (Wildman–Crippen LogP) is 3.95. The first kappa shape index (κ1) is 16.8. The Morgan fingerprint density at radius 3 is 2.76 bits per heavy atom. The van der Waals surface area contributed by atoms with Gasteiger partial charge in [-0.15, -0.1) is 0 Å². The minimum atomic E-state index is 0.516. The number of benzene rings is 1. The van der Waals surface area contributed by atoms with Crippen molar-refractivity contribution in [2.24, 2.45) is 0 Å². The highest BCUT2D eigenvalue weighted by atomic mass is 79.9. The molecule has 21 heavy (non-hydrogen) atoms. The molecule has 1 atom stereocenters. The highest BCUT2D eigenvalue weighted by Crippen LogP contribution is 2.27. The number of nitrogens with zero attached hydrogens (tertiary/aromatic N) is 1. The normalized spacial score (nSPS) is 16.0. The second-order valence-electron chi connectivity index (χ2n) is 5.87. The maximum atomic E-state index is 5.25. The summed E-state index contributed by atoms with van der Waals surface area (Å²) in [6.45, 7) is 7.14. The fourth-order valence-electron chi connectivity index (χ4n) is 2.41. The van der Waals surface area contributed by atoms with Crippen LogP contribution in [-0.4, -0.2) is 32.3 Å². The Hall–Kier alpha value is -0.580. The van der Waals surface area contributed by atoms with E-state index in [-0.39, 0.29) is 0 Å². The number of methoxy groups -OCH3 is 1. The first-order chi connectivity index (χ1) is 10.2. The summed E-state index contributed by atoms with van der Waals surface area (Å²) < 4.78 is 6.44. The molecule has 1 saturated carbocycles. The monoisotopic (exact) mass is 354 g/mol. The fraction of sp³-hybridized carbons (Fsp3) is 0.647. The standard InChI is InChI=1S/C17H27BrN2O/c1-4-13(2)20(9-10-21-3)16-8-5-14(17(18)11-16)12-19-15-6-7-15/h5,8,11,13,15,19H,4,6-7,9-10,12H2,1-3H3. The molecular weight excluding hydrogens is 328 g/mol. The molecule has 1 unspecified atom stereocenters. The number of nitrogens with one attached hydrogen (secondary N) is 1. The van der Waals surface area contributed by atoms with Crippen molar-refractivity contribution in [3.63, 3.8) is 0 Å². The van der Waals surface area contributed by atoms with Gasteiger partial charge in [-0.3, -0.25) is 0 Å². The van der Waals surface area contributed by atoms with Crippen molar-refractivity contribution in [3.8, 4) is 0 Å². The van der Waals surface area contributed by atoms with Crippen LogP contribution in [0.5, 0.6) is 0 Å². The molecule has 0 bridgehead atoms. The van der Waals surface area contributed by atoms with E-state index < -0.39 is 0 Å². The lowest BCUT2D eigenvalue weighted by Gasteiger charge is -2.31. The topological polar surface area (TPSA) is 24.5 Å². The minimum absolute atomic E-state index is 0.516. The molecule has 2 rings (SSSR count). The fourth-order valence-corrected chi connectivity index (χ4v) is 2.92. The maximum absolute atomic E-state index is 5.25. The molecule has 4 heteroatoms. The highest BCUT2D eigenvalue weighted by Gasteiger charge is 2.20. The molecule has 1 aliphatic carbocycles. The lowest BCUT2D eigenvalue weighted by atomic mass is 10.1. The zero-order valence-electron chi connectivity index (χ0n) is 13.4. The summed E-state index contributed by atoms with van der Waals surface area (Å²) in [6, 6.07) is 7.97. The Bertz CT molecular complexity index is 448. The SMILES string of the molecule is CCC(C)N(CCOC)c1ccc(CNC2CC2)c(Br)c1. The maximum Gasteiger partial charge on any atom is 0.0637 e. The van der Waals surface area contributed by atoms with Gasteiger partial charge in [0.25, 0.3) is 0 Å². The number of ether oxygens (including phenoxy) is 1. The molecule has 0 heterocycles. The number of hydrogen-bond acceptors (Lipinski definition) is 3. The largest absolute Gasteiger partial charge is 0.383 e. The van der Waals surface area contributed by atoms with Crippen LogP contribution in [0.3, 0.4) is 0 Å². The average Bonchev–Trinajstić information content (AvgIpc) is 3.30. The van der Waals surface area contributed by atoms with Gasteiger partial charge in [0.1, 0.15) is 0 Å². The van der Waals surface area contributed by atoms with E-state index in [4.69, 9.17) is 4.74 Å². The Morgan fingerprint density at radius 1 is 1.43 bits per heavy atom. The van der Waals surface area contributed by atoms with Crippen LogP contribution in [0.25, 0.3) is 0 Å². The summed E-state index contributed by atoms with van der Waals surface area (Å²) in [5, 5.41) is 3.57. The minimum Gasteiger partial charge on any atom is -0.383 e. The number of anilines is 1. The Morgan fingerprint density at radius 2 is 2.19 bits per heavy atom. The van der Waals surface area contributed by atoms with E-state index in [1.165, 1.54) is 28.6 Å². The van der Waals surface area contributed by atoms with Crippen LogP contribution in [0.15, 0.2) is 22.7 Å². The number of hydrogen-bond donors (Lipinski definition) is 1. The van der Waals surface area contributed by atoms with E-state index in [1.807, 2.05) is 0 Å². The van der Waals surface area contributed by atoms with Crippen molar-refractivity contribution >= 4 is 21.6 Å². The summed E-state index contributed by atoms with van der Waals surface area (Å²) in [7, 11) is 1.76. The number of rotatable bonds is 9. The van der Waals surface area contributed by atoms with Crippen molar-refractivity contribution in [1.82, 2.24) is 5.32 Å². The van der Waals surface area contributed by atoms with Crippen LogP contribution in [0.4, 0.5) is 5.69 Å². The Kier molecular flexibility index (Phi) is 6.52. The third kappa shape index (κ3) is 4.97. The molecule has 1 aliphatic rings. The van der Waals surface area contributed by atoms with Crippen LogP contribution < -0.4 is 10.2 Å². The Balaban J connectivity index is 2.06. The summed E-state index contributed by atoms with van der Waals surface area (Å²) >= 11 is 3.73. The van der Waals surface area contributed by atoms with Crippen LogP contribution in [0.1, 0.15) is 38.7 Å². The van der Waals surface area contributed by atoms with Crippen molar-refractivity contribution in [1.29, 1.82) is 0 Å². The van der Waals surface area contributed by atoms with Gasteiger partial charge in [-0.05, 0) is 43.9 Å². The second-order valence-corrected chi connectivity index (χ2v) is 6.73. The third-order valence-corrected chi connectivity index (χ3v) is 4.92. The molecule has 0 radical (unpaired) electrons. The average molecular weight is 355 g/mol. The van der Waals surface area contributed by atoms with Crippen LogP contribution in [-0.2, 0) is 11.3 Å². The molecular formula is C17H27BrN2O. The van der Waals surface area contributed by atoms with Gasteiger partial charge in [0, 0.05) is 42.4 Å². The van der Waals surface area contributed by atoms with Crippen LogP contribution >= 0.6 is 15.9 Å². The summed E-state index contributed by atoms with van der Waals surface area (Å²) in [5.41, 5.74) is 2.60. The van der Waals surface area contributed by atoms with Gasteiger partial charge in [-0.25, -0.2) is 0 Å². The van der Waals surface area contributed by atoms with Crippen molar-refractivity contribution in [3.05, 3.63) is 28.2 Å². The molecule has 3 nitrogen and oxygen atoms in total. The van der Waals surface area contributed by atoms with Gasteiger partial charge < -0.3 is 15.0 Å². The van der Waals surface area contributed by atoms with Gasteiger partial charge in [0.15, 0.2) is 0 Å². The molecule has 0 amide bonds. The summed E-state index contributed by atoms with van der Waals surface area (Å²) in [5.74, 6) is 0. The summed E-state index contributed by atoms with van der Waals surface area (Å²) in [6.07, 6.45) is 3.79. The van der Waals surface area contributed by atoms with E-state index in [1.54, 1.807) is 7.11 Å². The quantitative estimate of drug-likeness (QED) is 0.726. The van der Waals surface area contributed by atoms with Gasteiger partial charge in [0.2, 0.25) is 0 Å². The van der Waals surface area contributed by atoms with Crippen LogP contribution in [0, 0.1) is 0 Å². The molecule has 1 aromatic carbocycles.